The Balaban J connectivity index is 1.54. The van der Waals surface area contributed by atoms with Gasteiger partial charge in [0.25, 0.3) is 0 Å². The van der Waals surface area contributed by atoms with E-state index >= 15 is 0 Å². The minimum Gasteiger partial charge on any atom is -0.317 e. The molecule has 0 radical (unpaired) electrons. The molecule has 1 atom stereocenters. The standard InChI is InChI=1S/C15H22ClN5S/c1-11-17-18-15(20(11)3)10-19(2)12-6-7-21(8-12)9-13-4-5-14(16)22-13/h4-5,12H,6-10H2,1-3H3/t12-/m0/s1. The zero-order chi connectivity index (χ0) is 15.7. The summed E-state index contributed by atoms with van der Waals surface area (Å²) in [6.07, 6.45) is 1.20. The van der Waals surface area contributed by atoms with Crippen LogP contribution in [0.5, 0.6) is 0 Å². The number of hydrogen-bond donors (Lipinski definition) is 0. The van der Waals surface area contributed by atoms with E-state index in [2.05, 4.69) is 37.7 Å². The molecule has 1 fully saturated rings. The first-order chi connectivity index (χ1) is 10.5. The Morgan fingerprint density at radius 2 is 2.23 bits per heavy atom. The van der Waals surface area contributed by atoms with Gasteiger partial charge in [-0.2, -0.15) is 0 Å². The number of thiophene rings is 1. The molecule has 1 saturated heterocycles. The fourth-order valence-electron chi connectivity index (χ4n) is 2.91. The van der Waals surface area contributed by atoms with E-state index < -0.39 is 0 Å². The van der Waals surface area contributed by atoms with E-state index in [0.717, 1.165) is 42.2 Å². The summed E-state index contributed by atoms with van der Waals surface area (Å²) in [5.74, 6) is 1.99. The van der Waals surface area contributed by atoms with Gasteiger partial charge < -0.3 is 4.57 Å². The van der Waals surface area contributed by atoms with Gasteiger partial charge in [0.1, 0.15) is 11.6 Å². The topological polar surface area (TPSA) is 37.2 Å². The smallest absolute Gasteiger partial charge is 0.146 e. The van der Waals surface area contributed by atoms with Crippen LogP contribution in [0.4, 0.5) is 0 Å². The predicted octanol–water partition coefficient (Wildman–Crippen LogP) is 2.54. The second kappa shape index (κ2) is 6.66. The van der Waals surface area contributed by atoms with E-state index in [1.807, 2.05) is 20.0 Å². The molecule has 0 unspecified atom stereocenters. The van der Waals surface area contributed by atoms with Gasteiger partial charge in [0, 0.05) is 37.6 Å². The van der Waals surface area contributed by atoms with Gasteiger partial charge in [0.05, 0.1) is 10.9 Å². The monoisotopic (exact) mass is 339 g/mol. The van der Waals surface area contributed by atoms with E-state index in [0.29, 0.717) is 6.04 Å². The Morgan fingerprint density at radius 3 is 2.86 bits per heavy atom. The third-order valence-electron chi connectivity index (χ3n) is 4.45. The van der Waals surface area contributed by atoms with E-state index in [9.17, 15) is 0 Å². The Kier molecular flexibility index (Phi) is 4.82. The molecule has 7 heteroatoms. The van der Waals surface area contributed by atoms with Gasteiger partial charge in [0.2, 0.25) is 0 Å². The number of nitrogens with zero attached hydrogens (tertiary/aromatic N) is 5. The molecule has 120 valence electrons. The van der Waals surface area contributed by atoms with Crippen molar-refractivity contribution in [1.82, 2.24) is 24.6 Å². The average molecular weight is 340 g/mol. The number of hydrogen-bond acceptors (Lipinski definition) is 5. The predicted molar refractivity (Wildman–Crippen MR) is 90.2 cm³/mol. The van der Waals surface area contributed by atoms with Crippen molar-refractivity contribution in [3.8, 4) is 0 Å². The maximum atomic E-state index is 6.01. The van der Waals surface area contributed by atoms with Crippen LogP contribution in [0.1, 0.15) is 22.9 Å². The summed E-state index contributed by atoms with van der Waals surface area (Å²) < 4.78 is 2.94. The van der Waals surface area contributed by atoms with Crippen molar-refractivity contribution in [2.45, 2.75) is 32.5 Å². The molecule has 0 spiro atoms. The highest BCUT2D eigenvalue weighted by Gasteiger charge is 2.26. The van der Waals surface area contributed by atoms with Crippen LogP contribution in [0.15, 0.2) is 12.1 Å². The number of aryl methyl sites for hydroxylation is 1. The van der Waals surface area contributed by atoms with Crippen LogP contribution in [0, 0.1) is 6.92 Å². The quantitative estimate of drug-likeness (QED) is 0.839. The molecule has 2 aromatic rings. The number of rotatable bonds is 5. The summed E-state index contributed by atoms with van der Waals surface area (Å²) in [6, 6.07) is 4.69. The lowest BCUT2D eigenvalue weighted by atomic mass is 10.2. The fourth-order valence-corrected chi connectivity index (χ4v) is 4.04. The molecule has 0 bridgehead atoms. The lowest BCUT2D eigenvalue weighted by Gasteiger charge is -2.24. The highest BCUT2D eigenvalue weighted by atomic mass is 35.5. The van der Waals surface area contributed by atoms with Crippen molar-refractivity contribution in [2.75, 3.05) is 20.1 Å². The van der Waals surface area contributed by atoms with Crippen LogP contribution in [-0.2, 0) is 20.1 Å². The van der Waals surface area contributed by atoms with E-state index in [1.165, 1.54) is 11.3 Å². The molecule has 0 aromatic carbocycles. The zero-order valence-corrected chi connectivity index (χ0v) is 14.9. The van der Waals surface area contributed by atoms with Crippen molar-refractivity contribution < 1.29 is 0 Å². The molecule has 0 aliphatic carbocycles. The van der Waals surface area contributed by atoms with Crippen molar-refractivity contribution >= 4 is 22.9 Å². The van der Waals surface area contributed by atoms with Crippen molar-refractivity contribution in [3.63, 3.8) is 0 Å². The van der Waals surface area contributed by atoms with Crippen LogP contribution in [0.2, 0.25) is 4.34 Å². The average Bonchev–Trinajstić information content (AvgIpc) is 3.17. The molecular formula is C15H22ClN5S. The summed E-state index contributed by atoms with van der Waals surface area (Å²) >= 11 is 7.69. The second-order valence-corrected chi connectivity index (χ2v) is 7.82. The number of halogens is 1. The van der Waals surface area contributed by atoms with Crippen LogP contribution in [0.25, 0.3) is 0 Å². The maximum Gasteiger partial charge on any atom is 0.146 e. The van der Waals surface area contributed by atoms with Crippen molar-refractivity contribution in [3.05, 3.63) is 33.0 Å². The number of likely N-dealkylation sites (N-methyl/N-ethyl adjacent to an activating group) is 1. The van der Waals surface area contributed by atoms with Gasteiger partial charge in [-0.3, -0.25) is 9.80 Å². The van der Waals surface area contributed by atoms with Gasteiger partial charge >= 0.3 is 0 Å². The third-order valence-corrected chi connectivity index (χ3v) is 5.67. The normalized spacial score (nSPS) is 19.4. The minimum atomic E-state index is 0.576. The maximum absolute atomic E-state index is 6.01. The van der Waals surface area contributed by atoms with Crippen LogP contribution >= 0.6 is 22.9 Å². The van der Waals surface area contributed by atoms with E-state index in [4.69, 9.17) is 11.6 Å². The molecule has 0 N–H and O–H groups in total. The SMILES string of the molecule is Cc1nnc(CN(C)[C@H]2CCN(Cc3ccc(Cl)s3)C2)n1C. The lowest BCUT2D eigenvalue weighted by Crippen LogP contribution is -2.34. The summed E-state index contributed by atoms with van der Waals surface area (Å²) in [5, 5.41) is 8.39. The highest BCUT2D eigenvalue weighted by Crippen LogP contribution is 2.25. The first-order valence-electron chi connectivity index (χ1n) is 7.54. The summed E-state index contributed by atoms with van der Waals surface area (Å²) in [5.41, 5.74) is 0. The Morgan fingerprint density at radius 1 is 1.41 bits per heavy atom. The molecule has 3 heterocycles. The van der Waals surface area contributed by atoms with E-state index in [-0.39, 0.29) is 0 Å². The summed E-state index contributed by atoms with van der Waals surface area (Å²) in [6.45, 7) is 6.08. The summed E-state index contributed by atoms with van der Waals surface area (Å²) in [4.78, 5) is 6.24. The highest BCUT2D eigenvalue weighted by molar-refractivity contribution is 7.16. The van der Waals surface area contributed by atoms with Gasteiger partial charge in [-0.25, -0.2) is 0 Å². The molecule has 1 aliphatic rings. The van der Waals surface area contributed by atoms with E-state index in [1.54, 1.807) is 11.3 Å². The van der Waals surface area contributed by atoms with Crippen molar-refractivity contribution in [1.29, 1.82) is 0 Å². The molecule has 5 nitrogen and oxygen atoms in total. The minimum absolute atomic E-state index is 0.576. The van der Waals surface area contributed by atoms with Crippen LogP contribution in [-0.4, -0.2) is 50.7 Å². The van der Waals surface area contributed by atoms with Gasteiger partial charge in [-0.05, 0) is 32.5 Å². The molecule has 2 aromatic heterocycles. The first kappa shape index (κ1) is 15.9. The largest absolute Gasteiger partial charge is 0.317 e. The number of likely N-dealkylation sites (tertiary alicyclic amines) is 1. The molecule has 0 amide bonds. The lowest BCUT2D eigenvalue weighted by molar-refractivity contribution is 0.217. The molecule has 0 saturated carbocycles. The molecule has 3 rings (SSSR count). The van der Waals surface area contributed by atoms with Crippen LogP contribution < -0.4 is 0 Å². The van der Waals surface area contributed by atoms with Crippen LogP contribution in [0.3, 0.4) is 0 Å². The number of aromatic nitrogens is 3. The van der Waals surface area contributed by atoms with Gasteiger partial charge in [-0.1, -0.05) is 11.6 Å². The Labute approximate surface area is 140 Å². The Hall–Kier alpha value is -0.950. The Bertz CT molecular complexity index is 638. The molecule has 22 heavy (non-hydrogen) atoms. The third kappa shape index (κ3) is 3.51. The zero-order valence-electron chi connectivity index (χ0n) is 13.3. The molecular weight excluding hydrogens is 318 g/mol. The summed E-state index contributed by atoms with van der Waals surface area (Å²) in [7, 11) is 4.21. The van der Waals surface area contributed by atoms with Gasteiger partial charge in [-0.15, -0.1) is 21.5 Å². The first-order valence-corrected chi connectivity index (χ1v) is 8.74. The van der Waals surface area contributed by atoms with Gasteiger partial charge in [0.15, 0.2) is 0 Å². The van der Waals surface area contributed by atoms with Crippen molar-refractivity contribution in [2.24, 2.45) is 7.05 Å². The molecule has 1 aliphatic heterocycles. The fraction of sp³-hybridized carbons (Fsp3) is 0.600. The second-order valence-electron chi connectivity index (χ2n) is 6.02.